The summed E-state index contributed by atoms with van der Waals surface area (Å²) in [6.07, 6.45) is 1.98. The second-order valence-corrected chi connectivity index (χ2v) is 5.04. The molecule has 0 aliphatic carbocycles. The lowest BCUT2D eigenvalue weighted by atomic mass is 10.2. The van der Waals surface area contributed by atoms with Crippen molar-refractivity contribution in [3.05, 3.63) is 0 Å². The van der Waals surface area contributed by atoms with E-state index in [9.17, 15) is 4.79 Å². The summed E-state index contributed by atoms with van der Waals surface area (Å²) in [5, 5.41) is 0. The summed E-state index contributed by atoms with van der Waals surface area (Å²) in [4.78, 5) is 15.5. The molecule has 0 aromatic heterocycles. The van der Waals surface area contributed by atoms with E-state index in [1.165, 1.54) is 0 Å². The van der Waals surface area contributed by atoms with Crippen LogP contribution in [0, 0.1) is 5.92 Å². The normalized spacial score (nSPS) is 11.2. The molecular formula is C13H28N2O2. The van der Waals surface area contributed by atoms with Crippen LogP contribution in [0.15, 0.2) is 0 Å². The van der Waals surface area contributed by atoms with E-state index < -0.39 is 0 Å². The van der Waals surface area contributed by atoms with Gasteiger partial charge < -0.3 is 14.5 Å². The number of hydrogen-bond acceptors (Lipinski definition) is 3. The fourth-order valence-electron chi connectivity index (χ4n) is 1.54. The first-order valence-electron chi connectivity index (χ1n) is 6.42. The lowest BCUT2D eigenvalue weighted by molar-refractivity contribution is -0.133. The van der Waals surface area contributed by atoms with Gasteiger partial charge in [-0.3, -0.25) is 4.79 Å². The van der Waals surface area contributed by atoms with E-state index >= 15 is 0 Å². The molecule has 0 unspecified atom stereocenters. The van der Waals surface area contributed by atoms with Gasteiger partial charge in [0.15, 0.2) is 0 Å². The monoisotopic (exact) mass is 244 g/mol. The summed E-state index contributed by atoms with van der Waals surface area (Å²) in [7, 11) is 5.98. The molecule has 0 aromatic carbocycles. The Labute approximate surface area is 106 Å². The number of hydrogen-bond donors (Lipinski definition) is 0. The van der Waals surface area contributed by atoms with Crippen LogP contribution in [0.1, 0.15) is 26.7 Å². The summed E-state index contributed by atoms with van der Waals surface area (Å²) in [5.41, 5.74) is 0. The summed E-state index contributed by atoms with van der Waals surface area (Å²) in [6, 6.07) is 0. The third-order valence-electron chi connectivity index (χ3n) is 2.55. The first-order chi connectivity index (χ1) is 7.95. The van der Waals surface area contributed by atoms with Crippen LogP contribution in [-0.4, -0.2) is 63.2 Å². The zero-order valence-electron chi connectivity index (χ0n) is 12.0. The van der Waals surface area contributed by atoms with E-state index in [2.05, 4.69) is 19.0 Å². The van der Waals surface area contributed by atoms with Crippen molar-refractivity contribution in [1.29, 1.82) is 0 Å². The number of amides is 1. The van der Waals surface area contributed by atoms with Crippen LogP contribution < -0.4 is 0 Å². The molecule has 0 spiro atoms. The number of ether oxygens (including phenoxy) is 1. The predicted molar refractivity (Wildman–Crippen MR) is 71.1 cm³/mol. The second kappa shape index (κ2) is 9.42. The lowest BCUT2D eigenvalue weighted by Crippen LogP contribution is -2.31. The van der Waals surface area contributed by atoms with Gasteiger partial charge in [-0.1, -0.05) is 13.8 Å². The minimum absolute atomic E-state index is 0.0843. The molecule has 4 heteroatoms. The number of rotatable bonds is 9. The van der Waals surface area contributed by atoms with Gasteiger partial charge in [0.2, 0.25) is 5.91 Å². The summed E-state index contributed by atoms with van der Waals surface area (Å²) < 4.78 is 5.51. The average molecular weight is 244 g/mol. The van der Waals surface area contributed by atoms with Crippen LogP contribution in [0.25, 0.3) is 0 Å². The van der Waals surface area contributed by atoms with Crippen molar-refractivity contribution in [1.82, 2.24) is 9.80 Å². The van der Waals surface area contributed by atoms with Crippen LogP contribution in [0.3, 0.4) is 0 Å². The fraction of sp³-hybridized carbons (Fsp3) is 0.923. The van der Waals surface area contributed by atoms with Crippen LogP contribution in [0.4, 0.5) is 0 Å². The predicted octanol–water partition coefficient (Wildman–Crippen LogP) is 1.46. The number of carbonyl (C=O) groups is 1. The molecular weight excluding hydrogens is 216 g/mol. The van der Waals surface area contributed by atoms with Crippen LogP contribution >= 0.6 is 0 Å². The van der Waals surface area contributed by atoms with Gasteiger partial charge in [-0.15, -0.1) is 0 Å². The molecule has 0 aliphatic rings. The van der Waals surface area contributed by atoms with Gasteiger partial charge in [-0.05, 0) is 33.5 Å². The van der Waals surface area contributed by atoms with Gasteiger partial charge in [0.1, 0.15) is 0 Å². The number of nitrogens with zero attached hydrogens (tertiary/aromatic N) is 2. The largest absolute Gasteiger partial charge is 0.381 e. The molecule has 0 bridgehead atoms. The third kappa shape index (κ3) is 9.12. The average Bonchev–Trinajstić information content (AvgIpc) is 2.25. The second-order valence-electron chi connectivity index (χ2n) is 5.04. The summed E-state index contributed by atoms with van der Waals surface area (Å²) in [6.45, 7) is 7.24. The van der Waals surface area contributed by atoms with E-state index in [1.54, 1.807) is 4.90 Å². The molecule has 0 aromatic rings. The van der Waals surface area contributed by atoms with Crippen LogP contribution in [0.2, 0.25) is 0 Å². The summed E-state index contributed by atoms with van der Waals surface area (Å²) in [5.74, 6) is 0.290. The quantitative estimate of drug-likeness (QED) is 0.576. The molecule has 0 saturated carbocycles. The minimum Gasteiger partial charge on any atom is -0.381 e. The Hall–Kier alpha value is -0.610. The Morgan fingerprint density at radius 2 is 1.59 bits per heavy atom. The molecule has 0 rings (SSSR count). The van der Waals surface area contributed by atoms with Gasteiger partial charge in [0.05, 0.1) is 0 Å². The van der Waals surface area contributed by atoms with Crippen molar-refractivity contribution in [2.24, 2.45) is 5.92 Å². The first kappa shape index (κ1) is 16.4. The van der Waals surface area contributed by atoms with Gasteiger partial charge in [-0.2, -0.15) is 0 Å². The topological polar surface area (TPSA) is 32.8 Å². The highest BCUT2D eigenvalue weighted by Crippen LogP contribution is 1.99. The van der Waals surface area contributed by atoms with Crippen molar-refractivity contribution >= 4 is 5.91 Å². The van der Waals surface area contributed by atoms with Gasteiger partial charge in [0, 0.05) is 32.7 Å². The minimum atomic E-state index is 0.0843. The molecule has 0 heterocycles. The Kier molecular flexibility index (Phi) is 9.09. The lowest BCUT2D eigenvalue weighted by Gasteiger charge is -2.19. The zero-order chi connectivity index (χ0) is 13.3. The molecule has 0 N–H and O–H groups in total. The Morgan fingerprint density at radius 1 is 1.06 bits per heavy atom. The van der Waals surface area contributed by atoms with Crippen molar-refractivity contribution in [2.45, 2.75) is 26.7 Å². The Balaban J connectivity index is 3.36. The van der Waals surface area contributed by atoms with E-state index in [4.69, 9.17) is 4.74 Å². The zero-order valence-corrected chi connectivity index (χ0v) is 12.0. The molecule has 1 amide bonds. The molecule has 17 heavy (non-hydrogen) atoms. The Morgan fingerprint density at radius 3 is 2.06 bits per heavy atom. The molecule has 0 saturated heterocycles. The summed E-state index contributed by atoms with van der Waals surface area (Å²) >= 11 is 0. The molecule has 4 nitrogen and oxygen atoms in total. The Bertz CT molecular complexity index is 206. The van der Waals surface area contributed by atoms with E-state index in [1.807, 2.05) is 20.9 Å². The van der Waals surface area contributed by atoms with Crippen molar-refractivity contribution in [3.8, 4) is 0 Å². The molecule has 0 fully saturated rings. The van der Waals surface area contributed by atoms with Crippen molar-refractivity contribution < 1.29 is 9.53 Å². The van der Waals surface area contributed by atoms with Crippen LogP contribution in [0.5, 0.6) is 0 Å². The van der Waals surface area contributed by atoms with Crippen LogP contribution in [-0.2, 0) is 9.53 Å². The smallest absolute Gasteiger partial charge is 0.224 e. The van der Waals surface area contributed by atoms with Crippen molar-refractivity contribution in [3.63, 3.8) is 0 Å². The highest BCUT2D eigenvalue weighted by atomic mass is 16.5. The van der Waals surface area contributed by atoms with Gasteiger partial charge in [0.25, 0.3) is 0 Å². The van der Waals surface area contributed by atoms with E-state index in [-0.39, 0.29) is 11.8 Å². The molecule has 102 valence electrons. The number of carbonyl (C=O) groups excluding carboxylic acids is 1. The maximum atomic E-state index is 11.6. The van der Waals surface area contributed by atoms with Gasteiger partial charge in [-0.25, -0.2) is 0 Å². The highest BCUT2D eigenvalue weighted by molar-refractivity contribution is 5.77. The molecule has 0 radical (unpaired) electrons. The SMILES string of the molecule is CC(C)C(=O)N(C)CCCOCCCN(C)C. The van der Waals surface area contributed by atoms with E-state index in [0.29, 0.717) is 0 Å². The highest BCUT2D eigenvalue weighted by Gasteiger charge is 2.11. The first-order valence-corrected chi connectivity index (χ1v) is 6.42. The maximum absolute atomic E-state index is 11.6. The fourth-order valence-corrected chi connectivity index (χ4v) is 1.54. The van der Waals surface area contributed by atoms with Crippen molar-refractivity contribution in [2.75, 3.05) is 47.4 Å². The standard InChI is InChI=1S/C13H28N2O2/c1-12(2)13(16)15(5)9-7-11-17-10-6-8-14(3)4/h12H,6-11H2,1-5H3. The molecule has 0 aliphatic heterocycles. The third-order valence-corrected chi connectivity index (χ3v) is 2.55. The van der Waals surface area contributed by atoms with Gasteiger partial charge >= 0.3 is 0 Å². The molecule has 0 atom stereocenters. The van der Waals surface area contributed by atoms with E-state index in [0.717, 1.165) is 39.1 Å². The maximum Gasteiger partial charge on any atom is 0.224 e.